The van der Waals surface area contributed by atoms with Crippen LogP contribution in [-0.2, 0) is 24.1 Å². The Morgan fingerprint density at radius 3 is 2.43 bits per heavy atom. The van der Waals surface area contributed by atoms with Gasteiger partial charge in [0.2, 0.25) is 5.91 Å². The molecule has 3 rings (SSSR count). The van der Waals surface area contributed by atoms with E-state index in [1.807, 2.05) is 6.92 Å². The van der Waals surface area contributed by atoms with E-state index in [0.717, 1.165) is 80.7 Å². The number of nitrogens with zero attached hydrogens (tertiary/aromatic N) is 2. The second kappa shape index (κ2) is 8.15. The van der Waals surface area contributed by atoms with E-state index in [1.165, 1.54) is 0 Å². The number of hydrogen-bond acceptors (Lipinski definition) is 4. The largest absolute Gasteiger partial charge is 0.361 e. The number of rotatable bonds is 4. The fraction of sp³-hybridized carbons (Fsp3) is 0.765. The van der Waals surface area contributed by atoms with Crippen molar-refractivity contribution in [2.45, 2.75) is 46.0 Å². The molecule has 2 aliphatic heterocycles. The molecule has 0 aliphatic carbocycles. The first-order valence-electron chi connectivity index (χ1n) is 8.67. The number of fused-ring (bicyclic) bond motifs is 1. The molecule has 0 unspecified atom stereocenters. The summed E-state index contributed by atoms with van der Waals surface area (Å²) in [6.07, 6.45) is 4.33. The minimum Gasteiger partial charge on any atom is -0.361 e. The van der Waals surface area contributed by atoms with Crippen LogP contribution < -0.4 is 5.32 Å². The highest BCUT2D eigenvalue weighted by molar-refractivity contribution is 5.85. The smallest absolute Gasteiger partial charge is 0.227 e. The third kappa shape index (κ3) is 3.89. The van der Waals surface area contributed by atoms with Gasteiger partial charge in [0.25, 0.3) is 0 Å². The van der Waals surface area contributed by atoms with Crippen LogP contribution in [0.3, 0.4) is 0 Å². The van der Waals surface area contributed by atoms with Crippen molar-refractivity contribution in [3.8, 4) is 0 Å². The van der Waals surface area contributed by atoms with Gasteiger partial charge < -0.3 is 14.7 Å². The molecule has 0 spiro atoms. The minimum atomic E-state index is 0. The van der Waals surface area contributed by atoms with Gasteiger partial charge in [-0.15, -0.1) is 12.4 Å². The highest BCUT2D eigenvalue weighted by Crippen LogP contribution is 2.27. The number of aromatic nitrogens is 1. The molecule has 1 amide bonds. The molecule has 1 aromatic heterocycles. The van der Waals surface area contributed by atoms with E-state index >= 15 is 0 Å². The maximum absolute atomic E-state index is 12.7. The molecule has 130 valence electrons. The lowest BCUT2D eigenvalue weighted by Crippen LogP contribution is -2.34. The number of carbonyl (C=O) groups excluding carboxylic acids is 1. The van der Waals surface area contributed by atoms with E-state index in [0.29, 0.717) is 6.42 Å². The maximum Gasteiger partial charge on any atom is 0.227 e. The van der Waals surface area contributed by atoms with E-state index in [-0.39, 0.29) is 18.3 Å². The first-order valence-corrected chi connectivity index (χ1v) is 8.67. The SMILES string of the molecule is CCc1noc(CC)c1CC(=O)N1CC[C@@H]2CNC[C@@H]2CC1.Cl. The molecule has 0 radical (unpaired) electrons. The molecule has 23 heavy (non-hydrogen) atoms. The van der Waals surface area contributed by atoms with Gasteiger partial charge in [0.15, 0.2) is 0 Å². The Kier molecular flexibility index (Phi) is 6.48. The van der Waals surface area contributed by atoms with Crippen molar-refractivity contribution in [2.24, 2.45) is 11.8 Å². The van der Waals surface area contributed by atoms with Gasteiger partial charge in [-0.25, -0.2) is 0 Å². The Bertz CT molecular complexity index is 496. The molecule has 5 nitrogen and oxygen atoms in total. The zero-order valence-electron chi connectivity index (χ0n) is 14.1. The predicted molar refractivity (Wildman–Crippen MR) is 91.9 cm³/mol. The molecule has 0 aromatic carbocycles. The maximum atomic E-state index is 12.7. The second-order valence-electron chi connectivity index (χ2n) is 6.55. The average molecular weight is 342 g/mol. The normalized spacial score (nSPS) is 24.0. The predicted octanol–water partition coefficient (Wildman–Crippen LogP) is 2.22. The molecular weight excluding hydrogens is 314 g/mol. The fourth-order valence-corrected chi connectivity index (χ4v) is 3.87. The van der Waals surface area contributed by atoms with Crippen molar-refractivity contribution < 1.29 is 9.32 Å². The van der Waals surface area contributed by atoms with Gasteiger partial charge in [0.1, 0.15) is 5.76 Å². The zero-order chi connectivity index (χ0) is 15.5. The summed E-state index contributed by atoms with van der Waals surface area (Å²) >= 11 is 0. The molecular formula is C17H28ClN3O2. The van der Waals surface area contributed by atoms with Crippen LogP contribution in [0.15, 0.2) is 4.52 Å². The molecule has 2 atom stereocenters. The molecule has 2 aliphatic rings. The monoisotopic (exact) mass is 341 g/mol. The van der Waals surface area contributed by atoms with E-state index in [2.05, 4.69) is 22.3 Å². The number of nitrogens with one attached hydrogen (secondary N) is 1. The number of aryl methyl sites for hydroxylation is 2. The van der Waals surface area contributed by atoms with Crippen molar-refractivity contribution in [3.05, 3.63) is 17.0 Å². The molecule has 3 heterocycles. The van der Waals surface area contributed by atoms with E-state index < -0.39 is 0 Å². The van der Waals surface area contributed by atoms with E-state index in [9.17, 15) is 4.79 Å². The summed E-state index contributed by atoms with van der Waals surface area (Å²) in [5, 5.41) is 7.59. The van der Waals surface area contributed by atoms with E-state index in [1.54, 1.807) is 0 Å². The first-order chi connectivity index (χ1) is 10.7. The molecule has 1 N–H and O–H groups in total. The topological polar surface area (TPSA) is 58.4 Å². The van der Waals surface area contributed by atoms with Crippen LogP contribution >= 0.6 is 12.4 Å². The summed E-state index contributed by atoms with van der Waals surface area (Å²) in [6, 6.07) is 0. The molecule has 1 aromatic rings. The number of hydrogen-bond donors (Lipinski definition) is 1. The van der Waals surface area contributed by atoms with Crippen molar-refractivity contribution >= 4 is 18.3 Å². The standard InChI is InChI=1S/C17H27N3O2.ClH/c1-3-15-14(16(4-2)22-19-15)9-17(21)20-7-5-12-10-18-11-13(12)6-8-20;/h12-13,18H,3-11H2,1-2H3;1H/t12-,13+;. The quantitative estimate of drug-likeness (QED) is 0.912. The van der Waals surface area contributed by atoms with Gasteiger partial charge in [0, 0.05) is 25.1 Å². The Hall–Kier alpha value is -1.07. The van der Waals surface area contributed by atoms with Crippen LogP contribution in [0.1, 0.15) is 43.7 Å². The summed E-state index contributed by atoms with van der Waals surface area (Å²) in [5.74, 6) is 2.62. The van der Waals surface area contributed by atoms with Crippen LogP contribution in [0.4, 0.5) is 0 Å². The summed E-state index contributed by atoms with van der Waals surface area (Å²) < 4.78 is 5.38. The van der Waals surface area contributed by atoms with Gasteiger partial charge in [-0.3, -0.25) is 4.79 Å². The van der Waals surface area contributed by atoms with E-state index in [4.69, 9.17) is 4.52 Å². The average Bonchev–Trinajstić information content (AvgIpc) is 3.09. The van der Waals surface area contributed by atoms with Crippen LogP contribution in [-0.4, -0.2) is 42.1 Å². The molecule has 2 fully saturated rings. The molecule has 6 heteroatoms. The second-order valence-corrected chi connectivity index (χ2v) is 6.55. The number of amides is 1. The molecule has 2 saturated heterocycles. The van der Waals surface area contributed by atoms with Crippen molar-refractivity contribution in [3.63, 3.8) is 0 Å². The van der Waals surface area contributed by atoms with Crippen molar-refractivity contribution in [1.82, 2.24) is 15.4 Å². The number of halogens is 1. The lowest BCUT2D eigenvalue weighted by Gasteiger charge is -2.21. The minimum absolute atomic E-state index is 0. The van der Waals surface area contributed by atoms with Gasteiger partial charge >= 0.3 is 0 Å². The summed E-state index contributed by atoms with van der Waals surface area (Å²) in [7, 11) is 0. The zero-order valence-corrected chi connectivity index (χ0v) is 15.0. The number of carbonyl (C=O) groups is 1. The lowest BCUT2D eigenvalue weighted by atomic mass is 9.92. The highest BCUT2D eigenvalue weighted by Gasteiger charge is 2.31. The Morgan fingerprint density at radius 2 is 1.87 bits per heavy atom. The third-order valence-electron chi connectivity index (χ3n) is 5.31. The Labute approximate surface area is 144 Å². The Morgan fingerprint density at radius 1 is 1.22 bits per heavy atom. The van der Waals surface area contributed by atoms with Crippen molar-refractivity contribution in [1.29, 1.82) is 0 Å². The fourth-order valence-electron chi connectivity index (χ4n) is 3.87. The summed E-state index contributed by atoms with van der Waals surface area (Å²) in [5.41, 5.74) is 1.97. The number of likely N-dealkylation sites (tertiary alicyclic amines) is 1. The van der Waals surface area contributed by atoms with Crippen molar-refractivity contribution in [2.75, 3.05) is 26.2 Å². The molecule has 0 saturated carbocycles. The highest BCUT2D eigenvalue weighted by atomic mass is 35.5. The van der Waals surface area contributed by atoms with Gasteiger partial charge in [-0.2, -0.15) is 0 Å². The van der Waals surface area contributed by atoms with Crippen LogP contribution in [0.2, 0.25) is 0 Å². The first kappa shape index (κ1) is 18.3. The Balaban J connectivity index is 0.00000192. The van der Waals surface area contributed by atoms with Gasteiger partial charge in [-0.05, 0) is 44.2 Å². The van der Waals surface area contributed by atoms with Crippen LogP contribution in [0, 0.1) is 11.8 Å². The third-order valence-corrected chi connectivity index (χ3v) is 5.31. The summed E-state index contributed by atoms with van der Waals surface area (Å²) in [4.78, 5) is 14.8. The van der Waals surface area contributed by atoms with Gasteiger partial charge in [0.05, 0.1) is 12.1 Å². The van der Waals surface area contributed by atoms with Crippen LogP contribution in [0.25, 0.3) is 0 Å². The van der Waals surface area contributed by atoms with Crippen LogP contribution in [0.5, 0.6) is 0 Å². The van der Waals surface area contributed by atoms with Gasteiger partial charge in [-0.1, -0.05) is 19.0 Å². The summed E-state index contributed by atoms with van der Waals surface area (Å²) in [6.45, 7) is 8.15. The lowest BCUT2D eigenvalue weighted by molar-refractivity contribution is -0.130. The molecule has 0 bridgehead atoms.